The number of hydrogen-bond donors (Lipinski definition) is 1. The first-order valence-electron chi connectivity index (χ1n) is 4.49. The lowest BCUT2D eigenvalue weighted by atomic mass is 10.3. The Morgan fingerprint density at radius 3 is 2.93 bits per heavy atom. The Morgan fingerprint density at radius 2 is 2.40 bits per heavy atom. The summed E-state index contributed by atoms with van der Waals surface area (Å²) >= 11 is 4.88. The number of halogens is 1. The Labute approximate surface area is 101 Å². The zero-order valence-corrected chi connectivity index (χ0v) is 10.9. The second-order valence-corrected chi connectivity index (χ2v) is 5.61. The van der Waals surface area contributed by atoms with Crippen molar-refractivity contribution in [2.75, 3.05) is 0 Å². The van der Waals surface area contributed by atoms with Gasteiger partial charge in [0.1, 0.15) is 5.03 Å². The molecule has 1 aromatic rings. The van der Waals surface area contributed by atoms with Crippen LogP contribution < -0.4 is 0 Å². The largest absolute Gasteiger partial charge is 0.481 e. The summed E-state index contributed by atoms with van der Waals surface area (Å²) in [6.45, 7) is 3.85. The smallest absolute Gasteiger partial charge is 0.304 e. The molecule has 0 aliphatic rings. The van der Waals surface area contributed by atoms with Gasteiger partial charge in [0, 0.05) is 11.4 Å². The van der Waals surface area contributed by atoms with Gasteiger partial charge >= 0.3 is 5.97 Å². The molecule has 0 aliphatic carbocycles. The van der Waals surface area contributed by atoms with Gasteiger partial charge in [-0.05, 0) is 34.5 Å². The third kappa shape index (κ3) is 4.22. The zero-order chi connectivity index (χ0) is 11.4. The highest BCUT2D eigenvalue weighted by molar-refractivity contribution is 9.10. The average molecular weight is 290 g/mol. The first kappa shape index (κ1) is 12.5. The lowest BCUT2D eigenvalue weighted by Crippen LogP contribution is -2.05. The number of aromatic nitrogens is 1. The van der Waals surface area contributed by atoms with Gasteiger partial charge in [0.25, 0.3) is 0 Å². The molecule has 0 amide bonds. The van der Waals surface area contributed by atoms with E-state index in [1.807, 2.05) is 19.9 Å². The third-order valence-electron chi connectivity index (χ3n) is 1.72. The monoisotopic (exact) mass is 289 g/mol. The van der Waals surface area contributed by atoms with Crippen molar-refractivity contribution in [3.63, 3.8) is 0 Å². The van der Waals surface area contributed by atoms with Crippen molar-refractivity contribution in [2.24, 2.45) is 0 Å². The van der Waals surface area contributed by atoms with Gasteiger partial charge in [-0.15, -0.1) is 11.8 Å². The summed E-state index contributed by atoms with van der Waals surface area (Å²) in [6.07, 6.45) is 1.92. The van der Waals surface area contributed by atoms with Gasteiger partial charge in [-0.3, -0.25) is 4.79 Å². The minimum atomic E-state index is -0.779. The summed E-state index contributed by atoms with van der Waals surface area (Å²) in [6, 6.07) is 1.98. The van der Waals surface area contributed by atoms with Crippen LogP contribution >= 0.6 is 27.7 Å². The van der Waals surface area contributed by atoms with Crippen LogP contribution in [0.5, 0.6) is 0 Å². The van der Waals surface area contributed by atoms with E-state index < -0.39 is 5.97 Å². The fraction of sp³-hybridized carbons (Fsp3) is 0.400. The van der Waals surface area contributed by atoms with Crippen LogP contribution in [-0.4, -0.2) is 21.3 Å². The number of hydrogen-bond acceptors (Lipinski definition) is 3. The average Bonchev–Trinajstić information content (AvgIpc) is 2.08. The molecule has 1 heterocycles. The van der Waals surface area contributed by atoms with Crippen molar-refractivity contribution in [3.8, 4) is 0 Å². The first-order valence-corrected chi connectivity index (χ1v) is 6.17. The van der Waals surface area contributed by atoms with Gasteiger partial charge in [-0.2, -0.15) is 0 Å². The molecule has 5 heteroatoms. The second kappa shape index (κ2) is 5.51. The topological polar surface area (TPSA) is 50.2 Å². The van der Waals surface area contributed by atoms with Gasteiger partial charge in [-0.1, -0.05) is 6.92 Å². The molecule has 0 spiro atoms. The fourth-order valence-electron chi connectivity index (χ4n) is 1.09. The van der Waals surface area contributed by atoms with E-state index in [0.717, 1.165) is 15.1 Å². The Hall–Kier alpha value is -0.550. The van der Waals surface area contributed by atoms with Crippen LogP contribution in [0.25, 0.3) is 0 Å². The fourth-order valence-corrected chi connectivity index (χ4v) is 2.72. The number of pyridine rings is 1. The number of rotatable bonds is 4. The van der Waals surface area contributed by atoms with Crippen LogP contribution in [-0.2, 0) is 4.79 Å². The Morgan fingerprint density at radius 1 is 1.73 bits per heavy atom. The Balaban J connectivity index is 2.68. The van der Waals surface area contributed by atoms with E-state index in [-0.39, 0.29) is 11.7 Å². The van der Waals surface area contributed by atoms with Crippen LogP contribution in [0.2, 0.25) is 0 Å². The normalized spacial score (nSPS) is 12.5. The molecule has 15 heavy (non-hydrogen) atoms. The summed E-state index contributed by atoms with van der Waals surface area (Å²) in [7, 11) is 0. The minimum Gasteiger partial charge on any atom is -0.481 e. The minimum absolute atomic E-state index is 0.0222. The van der Waals surface area contributed by atoms with Gasteiger partial charge in [0.05, 0.1) is 10.9 Å². The molecular weight excluding hydrogens is 278 g/mol. The van der Waals surface area contributed by atoms with Gasteiger partial charge in [0.2, 0.25) is 0 Å². The van der Waals surface area contributed by atoms with Crippen LogP contribution in [0, 0.1) is 6.92 Å². The summed E-state index contributed by atoms with van der Waals surface area (Å²) in [5.41, 5.74) is 1.08. The molecule has 0 saturated heterocycles. The molecule has 0 fully saturated rings. The van der Waals surface area contributed by atoms with E-state index in [2.05, 4.69) is 20.9 Å². The molecule has 1 atom stereocenters. The molecule has 1 aromatic heterocycles. The highest BCUT2D eigenvalue weighted by Crippen LogP contribution is 2.30. The van der Waals surface area contributed by atoms with Crippen molar-refractivity contribution >= 4 is 33.7 Å². The van der Waals surface area contributed by atoms with Gasteiger partial charge in [0.15, 0.2) is 0 Å². The molecule has 0 radical (unpaired) electrons. The molecule has 0 bridgehead atoms. The number of nitrogens with zero attached hydrogens (tertiary/aromatic N) is 1. The number of thioether (sulfide) groups is 1. The molecule has 3 nitrogen and oxygen atoms in total. The van der Waals surface area contributed by atoms with E-state index in [9.17, 15) is 4.79 Å². The molecule has 1 N–H and O–H groups in total. The number of carboxylic acids is 1. The van der Waals surface area contributed by atoms with E-state index >= 15 is 0 Å². The molecule has 1 unspecified atom stereocenters. The highest BCUT2D eigenvalue weighted by atomic mass is 79.9. The number of carboxylic acid groups (broad SMARTS) is 1. The summed E-state index contributed by atoms with van der Waals surface area (Å²) in [4.78, 5) is 14.7. The predicted molar refractivity (Wildman–Crippen MR) is 64.2 cm³/mol. The molecule has 0 saturated carbocycles. The van der Waals surface area contributed by atoms with Gasteiger partial charge < -0.3 is 5.11 Å². The molecule has 0 aliphatic heterocycles. The number of carbonyl (C=O) groups is 1. The summed E-state index contributed by atoms with van der Waals surface area (Å²) < 4.78 is 0.921. The van der Waals surface area contributed by atoms with E-state index in [1.54, 1.807) is 6.20 Å². The van der Waals surface area contributed by atoms with Crippen molar-refractivity contribution in [1.82, 2.24) is 4.98 Å². The standard InChI is InChI=1S/C10H12BrNO2S/c1-6-3-8(11)10(12-5-6)15-7(2)4-9(13)14/h3,5,7H,4H2,1-2H3,(H,13,14). The Kier molecular flexibility index (Phi) is 4.60. The Bertz CT molecular complexity index is 370. The molecule has 1 rings (SSSR count). The van der Waals surface area contributed by atoms with Crippen LogP contribution in [0.3, 0.4) is 0 Å². The summed E-state index contributed by atoms with van der Waals surface area (Å²) in [5.74, 6) is -0.779. The van der Waals surface area contributed by atoms with Crippen molar-refractivity contribution in [2.45, 2.75) is 30.5 Å². The number of aryl methyl sites for hydroxylation is 1. The lowest BCUT2D eigenvalue weighted by molar-refractivity contribution is -0.136. The van der Waals surface area contributed by atoms with Crippen molar-refractivity contribution in [3.05, 3.63) is 22.3 Å². The van der Waals surface area contributed by atoms with E-state index in [0.29, 0.717) is 0 Å². The van der Waals surface area contributed by atoms with Crippen LogP contribution in [0.4, 0.5) is 0 Å². The maximum Gasteiger partial charge on any atom is 0.304 e. The molecule has 82 valence electrons. The maximum absolute atomic E-state index is 10.5. The van der Waals surface area contributed by atoms with Gasteiger partial charge in [-0.25, -0.2) is 4.98 Å². The number of aliphatic carboxylic acids is 1. The molecule has 0 aromatic carbocycles. The van der Waals surface area contributed by atoms with E-state index in [4.69, 9.17) is 5.11 Å². The van der Waals surface area contributed by atoms with Crippen LogP contribution in [0.1, 0.15) is 18.9 Å². The van der Waals surface area contributed by atoms with Crippen molar-refractivity contribution < 1.29 is 9.90 Å². The molecular formula is C10H12BrNO2S. The summed E-state index contributed by atoms with van der Waals surface area (Å²) in [5, 5.41) is 9.49. The first-order chi connectivity index (χ1) is 6.99. The predicted octanol–water partition coefficient (Wildman–Crippen LogP) is 3.11. The maximum atomic E-state index is 10.5. The zero-order valence-electron chi connectivity index (χ0n) is 8.53. The quantitative estimate of drug-likeness (QED) is 0.866. The lowest BCUT2D eigenvalue weighted by Gasteiger charge is -2.09. The van der Waals surface area contributed by atoms with E-state index in [1.165, 1.54) is 11.8 Å². The van der Waals surface area contributed by atoms with Crippen LogP contribution in [0.15, 0.2) is 21.8 Å². The highest BCUT2D eigenvalue weighted by Gasteiger charge is 2.12. The third-order valence-corrected chi connectivity index (χ3v) is 3.70. The van der Waals surface area contributed by atoms with Crippen molar-refractivity contribution in [1.29, 1.82) is 0 Å². The SMILES string of the molecule is Cc1cnc(SC(C)CC(=O)O)c(Br)c1. The second-order valence-electron chi connectivity index (χ2n) is 3.33.